The Morgan fingerprint density at radius 2 is 2.32 bits per heavy atom. The number of amides is 1. The van der Waals surface area contributed by atoms with E-state index < -0.39 is 0 Å². The lowest BCUT2D eigenvalue weighted by Gasteiger charge is -2.24. The lowest BCUT2D eigenvalue weighted by molar-refractivity contribution is -0.120. The summed E-state index contributed by atoms with van der Waals surface area (Å²) in [6.07, 6.45) is 1.74. The molecule has 0 bridgehead atoms. The van der Waals surface area contributed by atoms with E-state index in [0.717, 1.165) is 17.1 Å². The topological polar surface area (TPSA) is 66.0 Å². The van der Waals surface area contributed by atoms with Crippen LogP contribution in [0.2, 0.25) is 0 Å². The van der Waals surface area contributed by atoms with Crippen molar-refractivity contribution in [1.29, 1.82) is 0 Å². The minimum atomic E-state index is -0.150. The molecule has 0 saturated carbocycles. The maximum Gasteiger partial charge on any atom is 0.250 e. The predicted octanol–water partition coefficient (Wildman–Crippen LogP) is 1.00. The summed E-state index contributed by atoms with van der Waals surface area (Å²) in [5.41, 5.74) is 1.42. The summed E-state index contributed by atoms with van der Waals surface area (Å²) in [6, 6.07) is 5.52. The molecule has 1 fully saturated rings. The van der Waals surface area contributed by atoms with E-state index in [1.54, 1.807) is 7.11 Å². The summed E-state index contributed by atoms with van der Waals surface area (Å²) in [6.45, 7) is 2.38. The Bertz CT molecular complexity index is 578. The van der Waals surface area contributed by atoms with Gasteiger partial charge < -0.3 is 24.3 Å². The second-order valence-corrected chi connectivity index (χ2v) is 5.14. The van der Waals surface area contributed by atoms with Crippen LogP contribution in [-0.2, 0) is 14.3 Å². The van der Waals surface area contributed by atoms with Gasteiger partial charge in [0, 0.05) is 12.1 Å². The first-order valence-electron chi connectivity index (χ1n) is 7.25. The number of fused-ring (bicyclic) bond motifs is 1. The molecule has 0 unspecified atom stereocenters. The first-order valence-corrected chi connectivity index (χ1v) is 7.25. The zero-order valence-corrected chi connectivity index (χ0v) is 12.5. The zero-order valence-electron chi connectivity index (χ0n) is 12.5. The van der Waals surface area contributed by atoms with Crippen molar-refractivity contribution in [3.05, 3.63) is 29.3 Å². The second kappa shape index (κ2) is 6.81. The van der Waals surface area contributed by atoms with E-state index in [0.29, 0.717) is 31.9 Å². The van der Waals surface area contributed by atoms with Crippen LogP contribution in [0.3, 0.4) is 0 Å². The summed E-state index contributed by atoms with van der Waals surface area (Å²) < 4.78 is 21.6. The van der Waals surface area contributed by atoms with Crippen molar-refractivity contribution in [2.75, 3.05) is 40.1 Å². The highest BCUT2D eigenvalue weighted by Crippen LogP contribution is 2.29. The molecule has 1 N–H and O–H groups in total. The Labute approximate surface area is 129 Å². The maximum absolute atomic E-state index is 12.2. The minimum Gasteiger partial charge on any atom is -0.497 e. The Morgan fingerprint density at radius 1 is 1.41 bits per heavy atom. The number of methoxy groups -OCH3 is 1. The van der Waals surface area contributed by atoms with Crippen molar-refractivity contribution in [2.24, 2.45) is 0 Å². The first kappa shape index (κ1) is 14.9. The molecule has 118 valence electrons. The van der Waals surface area contributed by atoms with Crippen molar-refractivity contribution in [3.63, 3.8) is 0 Å². The van der Waals surface area contributed by atoms with Gasteiger partial charge in [0.1, 0.15) is 18.1 Å². The van der Waals surface area contributed by atoms with Crippen LogP contribution in [-0.4, -0.2) is 52.1 Å². The van der Waals surface area contributed by atoms with Crippen LogP contribution >= 0.6 is 0 Å². The van der Waals surface area contributed by atoms with E-state index in [-0.39, 0.29) is 18.6 Å². The number of hydrogen-bond acceptors (Lipinski definition) is 5. The van der Waals surface area contributed by atoms with E-state index in [9.17, 15) is 4.79 Å². The van der Waals surface area contributed by atoms with Crippen molar-refractivity contribution in [1.82, 2.24) is 5.32 Å². The molecule has 1 aromatic carbocycles. The van der Waals surface area contributed by atoms with Gasteiger partial charge in [-0.1, -0.05) is 0 Å². The van der Waals surface area contributed by atoms with Gasteiger partial charge in [0.15, 0.2) is 0 Å². The lowest BCUT2D eigenvalue weighted by atomic mass is 10.1. The molecular weight excluding hydrogens is 286 g/mol. The molecular formula is C16H19NO5. The smallest absolute Gasteiger partial charge is 0.250 e. The van der Waals surface area contributed by atoms with Crippen molar-refractivity contribution in [2.45, 2.75) is 6.10 Å². The number of carbonyl (C=O) groups excluding carboxylic acids is 1. The molecule has 6 nitrogen and oxygen atoms in total. The van der Waals surface area contributed by atoms with Crippen LogP contribution in [0.25, 0.3) is 6.08 Å². The quantitative estimate of drug-likeness (QED) is 0.899. The summed E-state index contributed by atoms with van der Waals surface area (Å²) in [4.78, 5) is 12.2. The Morgan fingerprint density at radius 3 is 3.09 bits per heavy atom. The number of carbonyl (C=O) groups is 1. The van der Waals surface area contributed by atoms with E-state index in [2.05, 4.69) is 5.32 Å². The fraction of sp³-hybridized carbons (Fsp3) is 0.438. The normalized spacial score (nSPS) is 20.4. The van der Waals surface area contributed by atoms with Crippen LogP contribution in [0.4, 0.5) is 0 Å². The van der Waals surface area contributed by atoms with Crippen molar-refractivity contribution in [3.8, 4) is 11.5 Å². The summed E-state index contributed by atoms with van der Waals surface area (Å²) in [5.74, 6) is 1.33. The fourth-order valence-electron chi connectivity index (χ4n) is 2.39. The third-order valence-electron chi connectivity index (χ3n) is 3.60. The number of rotatable bonds is 4. The molecule has 0 radical (unpaired) electrons. The van der Waals surface area contributed by atoms with Crippen LogP contribution in [0.15, 0.2) is 23.8 Å². The van der Waals surface area contributed by atoms with Crippen LogP contribution in [0.5, 0.6) is 11.5 Å². The van der Waals surface area contributed by atoms with Gasteiger partial charge in [-0.2, -0.15) is 0 Å². The highest BCUT2D eigenvalue weighted by molar-refractivity contribution is 5.99. The molecule has 1 saturated heterocycles. The number of benzene rings is 1. The van der Waals surface area contributed by atoms with Gasteiger partial charge in [0.2, 0.25) is 0 Å². The van der Waals surface area contributed by atoms with Crippen molar-refractivity contribution < 1.29 is 23.7 Å². The third-order valence-corrected chi connectivity index (χ3v) is 3.60. The predicted molar refractivity (Wildman–Crippen MR) is 80.0 cm³/mol. The minimum absolute atomic E-state index is 0.0878. The Kier molecular flexibility index (Phi) is 4.60. The van der Waals surface area contributed by atoms with Crippen molar-refractivity contribution >= 4 is 12.0 Å². The average Bonchev–Trinajstić information content (AvgIpc) is 2.59. The molecule has 0 spiro atoms. The van der Waals surface area contributed by atoms with E-state index in [1.807, 2.05) is 24.3 Å². The molecule has 22 heavy (non-hydrogen) atoms. The van der Waals surface area contributed by atoms with Gasteiger partial charge in [0.25, 0.3) is 5.91 Å². The molecule has 2 heterocycles. The summed E-state index contributed by atoms with van der Waals surface area (Å²) in [5, 5.41) is 2.86. The molecule has 3 rings (SSSR count). The fourth-order valence-corrected chi connectivity index (χ4v) is 2.39. The van der Waals surface area contributed by atoms with Gasteiger partial charge in [-0.3, -0.25) is 4.79 Å². The van der Waals surface area contributed by atoms with Crippen LogP contribution < -0.4 is 14.8 Å². The van der Waals surface area contributed by atoms with Gasteiger partial charge in [-0.05, 0) is 24.3 Å². The monoisotopic (exact) mass is 305 g/mol. The Balaban J connectivity index is 1.63. The molecule has 0 aliphatic carbocycles. The molecule has 1 atom stereocenters. The molecule has 1 amide bonds. The van der Waals surface area contributed by atoms with Gasteiger partial charge in [-0.15, -0.1) is 0 Å². The SMILES string of the molecule is COc1ccc2c(c1)C=C(C(=O)NC[C@@H]1COCCO1)CO2. The van der Waals surface area contributed by atoms with Gasteiger partial charge >= 0.3 is 0 Å². The highest BCUT2D eigenvalue weighted by Gasteiger charge is 2.20. The molecule has 0 aromatic heterocycles. The molecule has 2 aliphatic heterocycles. The first-order chi connectivity index (χ1) is 10.8. The Hall–Kier alpha value is -2.05. The largest absolute Gasteiger partial charge is 0.497 e. The van der Waals surface area contributed by atoms with Gasteiger partial charge in [-0.25, -0.2) is 0 Å². The maximum atomic E-state index is 12.2. The number of nitrogens with one attached hydrogen (secondary N) is 1. The number of hydrogen-bond donors (Lipinski definition) is 1. The molecule has 2 aliphatic rings. The molecule has 1 aromatic rings. The molecule has 6 heteroatoms. The van der Waals surface area contributed by atoms with E-state index in [4.69, 9.17) is 18.9 Å². The van der Waals surface area contributed by atoms with Crippen LogP contribution in [0.1, 0.15) is 5.56 Å². The second-order valence-electron chi connectivity index (χ2n) is 5.14. The summed E-state index contributed by atoms with van der Waals surface area (Å²) in [7, 11) is 1.61. The zero-order chi connectivity index (χ0) is 15.4. The summed E-state index contributed by atoms with van der Waals surface area (Å²) >= 11 is 0. The lowest BCUT2D eigenvalue weighted by Crippen LogP contribution is -2.40. The van der Waals surface area contributed by atoms with E-state index in [1.165, 1.54) is 0 Å². The average molecular weight is 305 g/mol. The highest BCUT2D eigenvalue weighted by atomic mass is 16.6. The third kappa shape index (κ3) is 3.40. The number of ether oxygens (including phenoxy) is 4. The van der Waals surface area contributed by atoms with Crippen LogP contribution in [0, 0.1) is 0 Å². The van der Waals surface area contributed by atoms with E-state index >= 15 is 0 Å². The standard InChI is InChI=1S/C16H19NO5/c1-19-13-2-3-15-11(7-13)6-12(9-22-15)16(18)17-8-14-10-20-4-5-21-14/h2-3,6-7,14H,4-5,8-10H2,1H3,(H,17,18)/t14-/m1/s1. The van der Waals surface area contributed by atoms with Gasteiger partial charge in [0.05, 0.1) is 38.6 Å².